The van der Waals surface area contributed by atoms with Crippen molar-refractivity contribution < 1.29 is 0 Å². The molecule has 1 aromatic rings. The molecule has 1 aromatic heterocycles. The van der Waals surface area contributed by atoms with E-state index in [0.717, 1.165) is 17.0 Å². The molecule has 4 nitrogen and oxygen atoms in total. The van der Waals surface area contributed by atoms with E-state index in [-0.39, 0.29) is 10.0 Å². The first-order chi connectivity index (χ1) is 6.89. The fourth-order valence-electron chi connectivity index (χ4n) is 2.79. The Bertz CT molecular complexity index is 403. The van der Waals surface area contributed by atoms with E-state index in [4.69, 9.17) is 0 Å². The number of rotatable bonds is 4. The zero-order valence-electron chi connectivity index (χ0n) is 8.26. The topological polar surface area (TPSA) is 43.6 Å². The fraction of sp³-hybridized carbons (Fsp3) is 0.889. The van der Waals surface area contributed by atoms with Crippen molar-refractivity contribution in [3.63, 3.8) is 0 Å². The van der Waals surface area contributed by atoms with Crippen molar-refractivity contribution in [1.82, 2.24) is 20.2 Å². The van der Waals surface area contributed by atoms with Crippen molar-refractivity contribution in [2.45, 2.75) is 42.1 Å². The van der Waals surface area contributed by atoms with Gasteiger partial charge in [-0.1, -0.05) is 13.3 Å². The maximum absolute atomic E-state index is 4.21. The van der Waals surface area contributed by atoms with Crippen LogP contribution < -0.4 is 0 Å². The van der Waals surface area contributed by atoms with E-state index in [1.807, 2.05) is 0 Å². The molecule has 4 unspecified atom stereocenters. The summed E-state index contributed by atoms with van der Waals surface area (Å²) in [7, 11) is -0.0580. The van der Waals surface area contributed by atoms with Crippen molar-refractivity contribution in [1.29, 1.82) is 0 Å². The Hall–Kier alpha value is -0.580. The van der Waals surface area contributed by atoms with Crippen LogP contribution in [0.1, 0.15) is 30.8 Å². The first kappa shape index (κ1) is 7.68. The molecule has 0 amide bonds. The van der Waals surface area contributed by atoms with Gasteiger partial charge in [0.05, 0.1) is 5.25 Å². The Morgan fingerprint density at radius 1 is 1.57 bits per heavy atom. The average Bonchev–Trinajstić information content (AvgIpc) is 3.06. The molecular formula is C9H14N4S. The summed E-state index contributed by atoms with van der Waals surface area (Å²) in [4.78, 5) is 0. The first-order valence-electron chi connectivity index (χ1n) is 5.43. The Morgan fingerprint density at radius 3 is 3.07 bits per heavy atom. The average molecular weight is 210 g/mol. The Kier molecular flexibility index (Phi) is 1.18. The van der Waals surface area contributed by atoms with Gasteiger partial charge in [0.15, 0.2) is 5.82 Å². The van der Waals surface area contributed by atoms with Crippen LogP contribution in [-0.4, -0.2) is 36.5 Å². The van der Waals surface area contributed by atoms with Crippen LogP contribution in [0.15, 0.2) is 0 Å². The largest absolute Gasteiger partial charge is 0.228 e. The monoisotopic (exact) mass is 210 g/mol. The number of tetrazole rings is 1. The van der Waals surface area contributed by atoms with E-state index in [9.17, 15) is 0 Å². The van der Waals surface area contributed by atoms with Gasteiger partial charge >= 0.3 is 0 Å². The third kappa shape index (κ3) is 0.689. The molecule has 4 atom stereocenters. The van der Waals surface area contributed by atoms with Gasteiger partial charge in [-0.05, 0) is 22.6 Å². The predicted octanol–water partition coefficient (Wildman–Crippen LogP) is 1.10. The molecule has 0 saturated carbocycles. The van der Waals surface area contributed by atoms with Gasteiger partial charge in [0.1, 0.15) is 0 Å². The number of hydrogen-bond acceptors (Lipinski definition) is 3. The van der Waals surface area contributed by atoms with Crippen molar-refractivity contribution in [2.24, 2.45) is 0 Å². The van der Waals surface area contributed by atoms with Crippen LogP contribution in [-0.2, 0) is 6.54 Å². The van der Waals surface area contributed by atoms with Crippen LogP contribution in [0.5, 0.6) is 0 Å². The lowest BCUT2D eigenvalue weighted by molar-refractivity contribution is 0.533. The number of fused-ring (bicyclic) bond motifs is 1. The Balaban J connectivity index is 1.56. The zero-order valence-corrected chi connectivity index (χ0v) is 9.07. The summed E-state index contributed by atoms with van der Waals surface area (Å²) >= 11 is 0. The van der Waals surface area contributed by atoms with Crippen molar-refractivity contribution in [3.8, 4) is 0 Å². The molecule has 3 aliphatic rings. The quantitative estimate of drug-likeness (QED) is 0.699. The zero-order chi connectivity index (χ0) is 9.34. The van der Waals surface area contributed by atoms with Crippen LogP contribution in [0, 0.1) is 0 Å². The molecular weight excluding hydrogens is 196 g/mol. The number of aryl methyl sites for hydroxylation is 1. The highest BCUT2D eigenvalue weighted by Gasteiger charge is 2.95. The highest BCUT2D eigenvalue weighted by atomic mass is 32.3. The van der Waals surface area contributed by atoms with Gasteiger partial charge in [-0.25, -0.2) is 14.7 Å². The molecule has 3 fully saturated rings. The van der Waals surface area contributed by atoms with Gasteiger partial charge in [0.2, 0.25) is 0 Å². The number of unbranched alkanes of at least 4 members (excludes halogenated alkanes) is 1. The lowest BCUT2D eigenvalue weighted by Crippen LogP contribution is -2.08. The van der Waals surface area contributed by atoms with Gasteiger partial charge in [-0.2, -0.15) is 0 Å². The highest BCUT2D eigenvalue weighted by molar-refractivity contribution is 8.53. The second-order valence-electron chi connectivity index (χ2n) is 4.61. The molecule has 4 heterocycles. The molecule has 3 saturated heterocycles. The molecule has 0 bridgehead atoms. The molecule has 0 N–H and O–H groups in total. The summed E-state index contributed by atoms with van der Waals surface area (Å²) in [6, 6.07) is 0. The van der Waals surface area contributed by atoms with Gasteiger partial charge < -0.3 is 0 Å². The van der Waals surface area contributed by atoms with Crippen molar-refractivity contribution in [3.05, 3.63) is 5.82 Å². The van der Waals surface area contributed by atoms with Crippen LogP contribution in [0.2, 0.25) is 0 Å². The third-order valence-corrected chi connectivity index (χ3v) is 8.46. The maximum atomic E-state index is 4.21. The van der Waals surface area contributed by atoms with Crippen LogP contribution in [0.4, 0.5) is 0 Å². The van der Waals surface area contributed by atoms with E-state index < -0.39 is 0 Å². The molecule has 5 heteroatoms. The summed E-state index contributed by atoms with van der Waals surface area (Å²) in [5.41, 5.74) is 0. The number of nitrogens with zero attached hydrogens (tertiary/aromatic N) is 4. The first-order valence-corrected chi connectivity index (χ1v) is 7.42. The van der Waals surface area contributed by atoms with Crippen LogP contribution >= 0.6 is 10.0 Å². The second-order valence-corrected chi connectivity index (χ2v) is 8.42. The minimum Gasteiger partial charge on any atom is -0.228 e. The van der Waals surface area contributed by atoms with Crippen molar-refractivity contribution >= 4 is 10.0 Å². The highest BCUT2D eigenvalue weighted by Crippen LogP contribution is 3.13. The molecule has 4 rings (SSSR count). The van der Waals surface area contributed by atoms with Gasteiger partial charge in [-0.15, -0.1) is 5.10 Å². The number of aromatic nitrogens is 4. The molecule has 14 heavy (non-hydrogen) atoms. The van der Waals surface area contributed by atoms with Crippen LogP contribution in [0.25, 0.3) is 0 Å². The van der Waals surface area contributed by atoms with Gasteiger partial charge in [0, 0.05) is 17.0 Å². The molecule has 0 radical (unpaired) electrons. The third-order valence-electron chi connectivity index (χ3n) is 3.93. The maximum Gasteiger partial charge on any atom is 0.163 e. The predicted molar refractivity (Wildman–Crippen MR) is 55.5 cm³/mol. The smallest absolute Gasteiger partial charge is 0.163 e. The molecule has 0 aliphatic carbocycles. The molecule has 3 aliphatic heterocycles. The second kappa shape index (κ2) is 2.15. The Labute approximate surface area is 84.4 Å². The van der Waals surface area contributed by atoms with Crippen molar-refractivity contribution in [2.75, 3.05) is 5.75 Å². The standard InChI is InChI=1S/C9H14N4S/c1-2-3-4-13-9(10-11-12-13)8-7-6-5-14(6,7)8/h6-8H,2-5H2,1H3. The molecule has 76 valence electrons. The van der Waals surface area contributed by atoms with E-state index in [2.05, 4.69) is 27.1 Å². The van der Waals surface area contributed by atoms with E-state index in [1.165, 1.54) is 23.9 Å². The van der Waals surface area contributed by atoms with E-state index in [1.54, 1.807) is 5.75 Å². The van der Waals surface area contributed by atoms with E-state index in [0.29, 0.717) is 0 Å². The lowest BCUT2D eigenvalue weighted by atomic mass is 10.2. The van der Waals surface area contributed by atoms with Gasteiger partial charge in [0.25, 0.3) is 0 Å². The Morgan fingerprint density at radius 2 is 2.43 bits per heavy atom. The molecule has 0 aromatic carbocycles. The fourth-order valence-corrected chi connectivity index (χ4v) is 7.79. The SMILES string of the molecule is CCCCn1nnnc1C1C2C3CS312. The summed E-state index contributed by atoms with van der Waals surface area (Å²) < 4.78 is 2.05. The normalized spacial score (nSPS) is 50.2. The molecule has 1 spiro atoms. The summed E-state index contributed by atoms with van der Waals surface area (Å²) in [6.07, 6.45) is 2.41. The summed E-state index contributed by atoms with van der Waals surface area (Å²) in [5.74, 6) is 2.76. The van der Waals surface area contributed by atoms with E-state index >= 15 is 0 Å². The van der Waals surface area contributed by atoms with Gasteiger partial charge in [-0.3, -0.25) is 0 Å². The lowest BCUT2D eigenvalue weighted by Gasteiger charge is -2.04. The minimum atomic E-state index is -0.0580. The van der Waals surface area contributed by atoms with Crippen LogP contribution in [0.3, 0.4) is 0 Å². The summed E-state index contributed by atoms with van der Waals surface area (Å²) in [5, 5.41) is 15.2. The minimum absolute atomic E-state index is 0.0580. The summed E-state index contributed by atoms with van der Waals surface area (Å²) in [6.45, 7) is 3.22. The number of hydrogen-bond donors (Lipinski definition) is 0.